The Morgan fingerprint density at radius 3 is 2.63 bits per heavy atom. The predicted molar refractivity (Wildman–Crippen MR) is 75.4 cm³/mol. The lowest BCUT2D eigenvalue weighted by molar-refractivity contribution is 0.312. The van der Waals surface area contributed by atoms with E-state index in [1.165, 1.54) is 0 Å². The molecule has 1 aliphatic rings. The first kappa shape index (κ1) is 13.6. The van der Waals surface area contributed by atoms with E-state index in [2.05, 4.69) is 32.9 Å². The molecule has 0 amide bonds. The van der Waals surface area contributed by atoms with Crippen LogP contribution in [0.1, 0.15) is 5.82 Å². The summed E-state index contributed by atoms with van der Waals surface area (Å²) in [7, 11) is 4.01. The van der Waals surface area contributed by atoms with Gasteiger partial charge in [0.25, 0.3) is 0 Å². The number of aromatic nitrogens is 2. The quantitative estimate of drug-likeness (QED) is 0.738. The van der Waals surface area contributed by atoms with Crippen molar-refractivity contribution in [1.29, 1.82) is 5.26 Å². The van der Waals surface area contributed by atoms with Crippen LogP contribution < -0.4 is 9.80 Å². The highest BCUT2D eigenvalue weighted by atomic mass is 15.3. The second kappa shape index (κ2) is 5.85. The molecule has 0 spiro atoms. The van der Waals surface area contributed by atoms with Gasteiger partial charge in [-0.05, 0) is 14.0 Å². The van der Waals surface area contributed by atoms with Crippen LogP contribution in [0.15, 0.2) is 6.07 Å². The van der Waals surface area contributed by atoms with Gasteiger partial charge in [-0.25, -0.2) is 9.97 Å². The molecule has 1 aliphatic heterocycles. The smallest absolute Gasteiger partial charge is 0.134 e. The molecule has 1 aromatic heterocycles. The first-order chi connectivity index (χ1) is 9.10. The molecule has 102 valence electrons. The summed E-state index contributed by atoms with van der Waals surface area (Å²) in [6.45, 7) is 6.28. The van der Waals surface area contributed by atoms with Crippen molar-refractivity contribution >= 4 is 11.6 Å². The van der Waals surface area contributed by atoms with E-state index in [1.54, 1.807) is 0 Å². The van der Waals surface area contributed by atoms with Crippen molar-refractivity contribution in [2.24, 2.45) is 0 Å². The largest absolute Gasteiger partial charge is 0.354 e. The molecule has 2 heterocycles. The second-order valence-corrected chi connectivity index (χ2v) is 4.94. The minimum absolute atomic E-state index is 0.332. The molecule has 1 aromatic rings. The third-order valence-corrected chi connectivity index (χ3v) is 3.34. The van der Waals surface area contributed by atoms with E-state index in [0.29, 0.717) is 6.54 Å². The molecule has 0 radical (unpaired) electrons. The Bertz CT molecular complexity index is 473. The molecule has 1 fully saturated rings. The Hall–Kier alpha value is -1.87. The molecule has 0 atom stereocenters. The van der Waals surface area contributed by atoms with E-state index in [0.717, 1.165) is 43.6 Å². The lowest BCUT2D eigenvalue weighted by Gasteiger charge is -2.33. The fourth-order valence-corrected chi connectivity index (χ4v) is 2.12. The summed E-state index contributed by atoms with van der Waals surface area (Å²) >= 11 is 0. The van der Waals surface area contributed by atoms with Crippen molar-refractivity contribution in [2.75, 3.05) is 56.6 Å². The number of likely N-dealkylation sites (N-methyl/N-ethyl adjacent to an activating group) is 1. The summed E-state index contributed by atoms with van der Waals surface area (Å²) in [5, 5.41) is 8.76. The molecule has 0 aliphatic carbocycles. The first-order valence-corrected chi connectivity index (χ1v) is 6.47. The average Bonchev–Trinajstić information content (AvgIpc) is 2.39. The Kier molecular flexibility index (Phi) is 4.17. The minimum atomic E-state index is 0.332. The molecule has 0 bridgehead atoms. The van der Waals surface area contributed by atoms with Gasteiger partial charge in [0, 0.05) is 39.3 Å². The first-order valence-electron chi connectivity index (χ1n) is 6.47. The molecule has 1 saturated heterocycles. The zero-order valence-corrected chi connectivity index (χ0v) is 11.8. The molecule has 6 heteroatoms. The molecule has 0 aromatic carbocycles. The molecular formula is C13H20N6. The molecule has 2 rings (SSSR count). The van der Waals surface area contributed by atoms with Crippen LogP contribution in [0.4, 0.5) is 11.6 Å². The van der Waals surface area contributed by atoms with Crippen molar-refractivity contribution in [3.63, 3.8) is 0 Å². The van der Waals surface area contributed by atoms with Crippen LogP contribution in [0.2, 0.25) is 0 Å². The van der Waals surface area contributed by atoms with Gasteiger partial charge in [0.2, 0.25) is 0 Å². The van der Waals surface area contributed by atoms with E-state index in [9.17, 15) is 0 Å². The Labute approximate surface area is 114 Å². The maximum atomic E-state index is 8.76. The standard InChI is InChI=1S/C13H20N6/c1-11-15-12(18(3)5-4-14)10-13(16-11)19-8-6-17(2)7-9-19/h10H,5-9H2,1-3H3. The Morgan fingerprint density at radius 1 is 1.32 bits per heavy atom. The number of nitriles is 1. The molecule has 19 heavy (non-hydrogen) atoms. The van der Waals surface area contributed by atoms with Gasteiger partial charge in [-0.15, -0.1) is 0 Å². The van der Waals surface area contributed by atoms with Crippen molar-refractivity contribution in [3.05, 3.63) is 11.9 Å². The molecule has 0 unspecified atom stereocenters. The van der Waals surface area contributed by atoms with Gasteiger partial charge in [0.1, 0.15) is 24.0 Å². The van der Waals surface area contributed by atoms with E-state index < -0.39 is 0 Å². The van der Waals surface area contributed by atoms with E-state index in [1.807, 2.05) is 24.9 Å². The predicted octanol–water partition coefficient (Wildman–Crippen LogP) is 0.497. The van der Waals surface area contributed by atoms with E-state index in [4.69, 9.17) is 5.26 Å². The topological polar surface area (TPSA) is 59.3 Å². The minimum Gasteiger partial charge on any atom is -0.354 e. The van der Waals surface area contributed by atoms with Gasteiger partial charge >= 0.3 is 0 Å². The van der Waals surface area contributed by atoms with Crippen LogP contribution in [0.5, 0.6) is 0 Å². The third-order valence-electron chi connectivity index (χ3n) is 3.34. The molecule has 6 nitrogen and oxygen atoms in total. The molecular weight excluding hydrogens is 240 g/mol. The van der Waals surface area contributed by atoms with Crippen molar-refractivity contribution in [2.45, 2.75) is 6.92 Å². The van der Waals surface area contributed by atoms with E-state index in [-0.39, 0.29) is 0 Å². The number of rotatable bonds is 3. The van der Waals surface area contributed by atoms with Crippen LogP contribution in [-0.2, 0) is 0 Å². The SMILES string of the molecule is Cc1nc(N(C)CC#N)cc(N2CCN(C)CC2)n1. The van der Waals surface area contributed by atoms with Gasteiger partial charge < -0.3 is 14.7 Å². The number of anilines is 2. The number of piperazine rings is 1. The van der Waals surface area contributed by atoms with Crippen LogP contribution in [0.25, 0.3) is 0 Å². The molecule has 0 saturated carbocycles. The fraction of sp³-hybridized carbons (Fsp3) is 0.615. The maximum absolute atomic E-state index is 8.76. The van der Waals surface area contributed by atoms with Crippen LogP contribution >= 0.6 is 0 Å². The van der Waals surface area contributed by atoms with Crippen LogP contribution in [0, 0.1) is 18.3 Å². The van der Waals surface area contributed by atoms with Gasteiger partial charge in [0.05, 0.1) is 6.07 Å². The third kappa shape index (κ3) is 3.32. The fourth-order valence-electron chi connectivity index (χ4n) is 2.12. The normalized spacial score (nSPS) is 16.2. The monoisotopic (exact) mass is 260 g/mol. The zero-order valence-electron chi connectivity index (χ0n) is 11.8. The summed E-state index contributed by atoms with van der Waals surface area (Å²) in [5.74, 6) is 2.51. The highest BCUT2D eigenvalue weighted by Crippen LogP contribution is 2.19. The summed E-state index contributed by atoms with van der Waals surface area (Å²) in [4.78, 5) is 15.3. The van der Waals surface area contributed by atoms with Gasteiger partial charge in [-0.1, -0.05) is 0 Å². The number of hydrogen-bond donors (Lipinski definition) is 0. The average molecular weight is 260 g/mol. The molecule has 0 N–H and O–H groups in total. The number of nitrogens with zero attached hydrogens (tertiary/aromatic N) is 6. The Morgan fingerprint density at radius 2 is 2.00 bits per heavy atom. The highest BCUT2D eigenvalue weighted by Gasteiger charge is 2.17. The van der Waals surface area contributed by atoms with Crippen LogP contribution in [0.3, 0.4) is 0 Å². The number of aryl methyl sites for hydroxylation is 1. The summed E-state index contributed by atoms with van der Waals surface area (Å²) in [6, 6.07) is 4.10. The van der Waals surface area contributed by atoms with Crippen molar-refractivity contribution in [3.8, 4) is 6.07 Å². The summed E-state index contributed by atoms with van der Waals surface area (Å²) < 4.78 is 0. The van der Waals surface area contributed by atoms with Gasteiger partial charge in [0.15, 0.2) is 0 Å². The van der Waals surface area contributed by atoms with Gasteiger partial charge in [-0.3, -0.25) is 0 Å². The highest BCUT2D eigenvalue weighted by molar-refractivity contribution is 5.51. The lowest BCUT2D eigenvalue weighted by atomic mass is 10.3. The van der Waals surface area contributed by atoms with Gasteiger partial charge in [-0.2, -0.15) is 5.26 Å². The van der Waals surface area contributed by atoms with Crippen molar-refractivity contribution in [1.82, 2.24) is 14.9 Å². The Balaban J connectivity index is 2.19. The zero-order chi connectivity index (χ0) is 13.8. The maximum Gasteiger partial charge on any atom is 0.134 e. The van der Waals surface area contributed by atoms with E-state index >= 15 is 0 Å². The summed E-state index contributed by atoms with van der Waals surface area (Å²) in [6.07, 6.45) is 0. The van der Waals surface area contributed by atoms with Crippen molar-refractivity contribution < 1.29 is 0 Å². The summed E-state index contributed by atoms with van der Waals surface area (Å²) in [5.41, 5.74) is 0. The number of hydrogen-bond acceptors (Lipinski definition) is 6. The lowest BCUT2D eigenvalue weighted by Crippen LogP contribution is -2.45. The second-order valence-electron chi connectivity index (χ2n) is 4.94. The van der Waals surface area contributed by atoms with Crippen LogP contribution in [-0.4, -0.2) is 61.7 Å².